The van der Waals surface area contributed by atoms with Gasteiger partial charge in [-0.1, -0.05) is 42.5 Å². The Kier molecular flexibility index (Phi) is 5.27. The highest BCUT2D eigenvalue weighted by atomic mass is 19.1. The number of halogens is 1. The fourth-order valence-corrected chi connectivity index (χ4v) is 2.64. The lowest BCUT2D eigenvalue weighted by molar-refractivity contribution is -0.141. The van der Waals surface area contributed by atoms with Crippen LogP contribution in [-0.2, 0) is 16.0 Å². The van der Waals surface area contributed by atoms with E-state index in [2.05, 4.69) is 0 Å². The van der Waals surface area contributed by atoms with Crippen LogP contribution >= 0.6 is 0 Å². The Balaban J connectivity index is 1.59. The standard InChI is InChI=1S/C21H17FO4/c1-25-20-9-8-17(12-18(20)22)19(23)13-26-21(24)11-14-6-7-15-4-2-3-5-16(15)10-14/h2-10,12H,11,13H2,1H3. The molecule has 0 N–H and O–H groups in total. The van der Waals surface area contributed by atoms with Gasteiger partial charge >= 0.3 is 5.97 Å². The molecule has 0 atom stereocenters. The summed E-state index contributed by atoms with van der Waals surface area (Å²) < 4.78 is 23.5. The van der Waals surface area contributed by atoms with Crippen molar-refractivity contribution in [2.75, 3.05) is 13.7 Å². The average molecular weight is 352 g/mol. The zero-order chi connectivity index (χ0) is 18.5. The van der Waals surface area contributed by atoms with Gasteiger partial charge in [0.2, 0.25) is 0 Å². The summed E-state index contributed by atoms with van der Waals surface area (Å²) in [5.74, 6) is -1.57. The Morgan fingerprint density at radius 1 is 0.962 bits per heavy atom. The van der Waals surface area contributed by atoms with Crippen molar-refractivity contribution >= 4 is 22.5 Å². The predicted molar refractivity (Wildman–Crippen MR) is 95.9 cm³/mol. The smallest absolute Gasteiger partial charge is 0.310 e. The van der Waals surface area contributed by atoms with E-state index in [1.54, 1.807) is 0 Å². The summed E-state index contributed by atoms with van der Waals surface area (Å²) in [6.45, 7) is -0.432. The summed E-state index contributed by atoms with van der Waals surface area (Å²) >= 11 is 0. The molecule has 3 rings (SSSR count). The van der Waals surface area contributed by atoms with Crippen molar-refractivity contribution in [3.8, 4) is 5.75 Å². The lowest BCUT2D eigenvalue weighted by Crippen LogP contribution is -2.16. The van der Waals surface area contributed by atoms with E-state index in [4.69, 9.17) is 9.47 Å². The average Bonchev–Trinajstić information content (AvgIpc) is 2.66. The molecule has 0 fully saturated rings. The summed E-state index contributed by atoms with van der Waals surface area (Å²) in [5.41, 5.74) is 0.929. The minimum absolute atomic E-state index is 0.0508. The second-order valence-electron chi connectivity index (χ2n) is 5.79. The van der Waals surface area contributed by atoms with Crippen LogP contribution in [0.25, 0.3) is 10.8 Å². The first-order valence-corrected chi connectivity index (χ1v) is 8.07. The van der Waals surface area contributed by atoms with Crippen molar-refractivity contribution < 1.29 is 23.5 Å². The number of fused-ring (bicyclic) bond motifs is 1. The van der Waals surface area contributed by atoms with Crippen LogP contribution in [0.3, 0.4) is 0 Å². The summed E-state index contributed by atoms with van der Waals surface area (Å²) in [7, 11) is 1.34. The number of ketones is 1. The Morgan fingerprint density at radius 3 is 2.46 bits per heavy atom. The van der Waals surface area contributed by atoms with Crippen LogP contribution < -0.4 is 4.74 Å². The fourth-order valence-electron chi connectivity index (χ4n) is 2.64. The third-order valence-corrected chi connectivity index (χ3v) is 4.00. The van der Waals surface area contributed by atoms with E-state index in [1.807, 2.05) is 42.5 Å². The third kappa shape index (κ3) is 4.06. The van der Waals surface area contributed by atoms with Crippen molar-refractivity contribution in [3.63, 3.8) is 0 Å². The number of ether oxygens (including phenoxy) is 2. The minimum Gasteiger partial charge on any atom is -0.494 e. The van der Waals surface area contributed by atoms with E-state index >= 15 is 0 Å². The van der Waals surface area contributed by atoms with Gasteiger partial charge in [0.25, 0.3) is 0 Å². The molecule has 5 heteroatoms. The summed E-state index contributed by atoms with van der Waals surface area (Å²) in [4.78, 5) is 24.0. The van der Waals surface area contributed by atoms with E-state index in [0.29, 0.717) is 0 Å². The molecule has 0 aliphatic heterocycles. The lowest BCUT2D eigenvalue weighted by atomic mass is 10.1. The Hall–Kier alpha value is -3.21. The van der Waals surface area contributed by atoms with Gasteiger partial charge in [-0.25, -0.2) is 4.39 Å². The molecule has 26 heavy (non-hydrogen) atoms. The number of rotatable bonds is 6. The number of methoxy groups -OCH3 is 1. The van der Waals surface area contributed by atoms with Gasteiger partial charge in [-0.05, 0) is 34.5 Å². The molecule has 0 amide bonds. The van der Waals surface area contributed by atoms with Gasteiger partial charge in [0.15, 0.2) is 24.0 Å². The van der Waals surface area contributed by atoms with Gasteiger partial charge in [0.05, 0.1) is 13.5 Å². The first-order valence-electron chi connectivity index (χ1n) is 8.07. The highest BCUT2D eigenvalue weighted by molar-refractivity contribution is 5.98. The monoisotopic (exact) mass is 352 g/mol. The van der Waals surface area contributed by atoms with Gasteiger partial charge < -0.3 is 9.47 Å². The lowest BCUT2D eigenvalue weighted by Gasteiger charge is -2.07. The van der Waals surface area contributed by atoms with E-state index in [-0.39, 0.29) is 17.7 Å². The van der Waals surface area contributed by atoms with Gasteiger partial charge in [-0.2, -0.15) is 0 Å². The van der Waals surface area contributed by atoms with E-state index in [0.717, 1.165) is 22.4 Å². The zero-order valence-corrected chi connectivity index (χ0v) is 14.2. The zero-order valence-electron chi connectivity index (χ0n) is 14.2. The summed E-state index contributed by atoms with van der Waals surface area (Å²) in [5, 5.41) is 2.11. The molecule has 0 saturated heterocycles. The maximum atomic E-state index is 13.6. The number of Topliss-reactive ketones (excluding diaryl/α,β-unsaturated/α-hetero) is 1. The van der Waals surface area contributed by atoms with Crippen molar-refractivity contribution in [1.82, 2.24) is 0 Å². The molecule has 4 nitrogen and oxygen atoms in total. The maximum Gasteiger partial charge on any atom is 0.310 e. The molecule has 0 saturated carbocycles. The predicted octanol–water partition coefficient (Wildman–Crippen LogP) is 3.96. The minimum atomic E-state index is -0.638. The number of benzene rings is 3. The second kappa shape index (κ2) is 7.78. The molecular formula is C21H17FO4. The van der Waals surface area contributed by atoms with Crippen molar-refractivity contribution in [2.45, 2.75) is 6.42 Å². The summed E-state index contributed by atoms with van der Waals surface area (Å²) in [6, 6.07) is 17.4. The molecule has 0 aliphatic carbocycles. The molecule has 0 spiro atoms. The molecule has 0 aromatic heterocycles. The second-order valence-corrected chi connectivity index (χ2v) is 5.79. The van der Waals surface area contributed by atoms with Crippen LogP contribution in [0.2, 0.25) is 0 Å². The third-order valence-electron chi connectivity index (χ3n) is 4.00. The van der Waals surface area contributed by atoms with Crippen LogP contribution in [0.15, 0.2) is 60.7 Å². The first-order chi connectivity index (χ1) is 12.6. The van der Waals surface area contributed by atoms with E-state index < -0.39 is 24.2 Å². The van der Waals surface area contributed by atoms with Gasteiger partial charge in [0, 0.05) is 5.56 Å². The summed E-state index contributed by atoms with van der Waals surface area (Å²) in [6.07, 6.45) is 0.0646. The topological polar surface area (TPSA) is 52.6 Å². The number of esters is 1. The molecular weight excluding hydrogens is 335 g/mol. The SMILES string of the molecule is COc1ccc(C(=O)COC(=O)Cc2ccc3ccccc3c2)cc1F. The van der Waals surface area contributed by atoms with Crippen LogP contribution in [0.1, 0.15) is 15.9 Å². The Labute approximate surface area is 150 Å². The van der Waals surface area contributed by atoms with Crippen LogP contribution in [0, 0.1) is 5.82 Å². The van der Waals surface area contributed by atoms with E-state index in [1.165, 1.54) is 19.2 Å². The molecule has 0 aliphatic rings. The highest BCUT2D eigenvalue weighted by Gasteiger charge is 2.13. The normalized spacial score (nSPS) is 10.5. The van der Waals surface area contributed by atoms with Crippen LogP contribution in [-0.4, -0.2) is 25.5 Å². The van der Waals surface area contributed by atoms with E-state index in [9.17, 15) is 14.0 Å². The number of hydrogen-bond acceptors (Lipinski definition) is 4. The van der Waals surface area contributed by atoms with Crippen molar-refractivity contribution in [3.05, 3.63) is 77.6 Å². The number of carbonyl (C=O) groups excluding carboxylic acids is 2. The number of hydrogen-bond donors (Lipinski definition) is 0. The Morgan fingerprint density at radius 2 is 1.73 bits per heavy atom. The number of carbonyl (C=O) groups is 2. The Bertz CT molecular complexity index is 965. The van der Waals surface area contributed by atoms with Crippen LogP contribution in [0.5, 0.6) is 5.75 Å². The van der Waals surface area contributed by atoms with Gasteiger partial charge in [0.1, 0.15) is 0 Å². The molecule has 0 unspecified atom stereocenters. The molecule has 132 valence electrons. The highest BCUT2D eigenvalue weighted by Crippen LogP contribution is 2.18. The maximum absolute atomic E-state index is 13.6. The fraction of sp³-hybridized carbons (Fsp3) is 0.143. The first kappa shape index (κ1) is 17.6. The molecule has 3 aromatic carbocycles. The van der Waals surface area contributed by atoms with Crippen LogP contribution in [0.4, 0.5) is 4.39 Å². The van der Waals surface area contributed by atoms with Crippen molar-refractivity contribution in [1.29, 1.82) is 0 Å². The largest absolute Gasteiger partial charge is 0.494 e. The molecule has 0 radical (unpaired) electrons. The molecule has 0 heterocycles. The van der Waals surface area contributed by atoms with Gasteiger partial charge in [-0.3, -0.25) is 9.59 Å². The molecule has 3 aromatic rings. The van der Waals surface area contributed by atoms with Crippen molar-refractivity contribution in [2.24, 2.45) is 0 Å². The van der Waals surface area contributed by atoms with Gasteiger partial charge in [-0.15, -0.1) is 0 Å². The quantitative estimate of drug-likeness (QED) is 0.498. The molecule has 0 bridgehead atoms.